The van der Waals surface area contributed by atoms with E-state index in [9.17, 15) is 0 Å². The Bertz CT molecular complexity index is 492. The quantitative estimate of drug-likeness (QED) is 0.142. The summed E-state index contributed by atoms with van der Waals surface area (Å²) in [7, 11) is 0. The van der Waals surface area contributed by atoms with Crippen LogP contribution >= 0.6 is 0 Å². The molecule has 0 bridgehead atoms. The number of hydrogen-bond donors (Lipinski definition) is 0. The van der Waals surface area contributed by atoms with Crippen LogP contribution < -0.4 is 0 Å². The molecule has 1 aliphatic rings. The van der Waals surface area contributed by atoms with Gasteiger partial charge in [-0.15, -0.1) is 13.2 Å². The molecule has 1 saturated carbocycles. The highest BCUT2D eigenvalue weighted by molar-refractivity contribution is 5.10. The van der Waals surface area contributed by atoms with Crippen LogP contribution in [0.2, 0.25) is 0 Å². The maximum Gasteiger partial charge on any atom is -0.0175 e. The van der Waals surface area contributed by atoms with Gasteiger partial charge in [0.2, 0.25) is 0 Å². The molecule has 31 heavy (non-hydrogen) atoms. The van der Waals surface area contributed by atoms with Crippen molar-refractivity contribution in [2.75, 3.05) is 0 Å². The molecule has 0 aliphatic heterocycles. The first kappa shape index (κ1) is 28.3. The number of hydrogen-bond acceptors (Lipinski definition) is 0. The van der Waals surface area contributed by atoms with E-state index in [4.69, 9.17) is 0 Å². The molecule has 1 rings (SSSR count). The van der Waals surface area contributed by atoms with Crippen LogP contribution in [-0.4, -0.2) is 0 Å². The Hall–Kier alpha value is -0.780. The van der Waals surface area contributed by atoms with Crippen molar-refractivity contribution in [1.82, 2.24) is 0 Å². The molecule has 2 atom stereocenters. The van der Waals surface area contributed by atoms with Crippen LogP contribution in [-0.2, 0) is 0 Å². The highest BCUT2D eigenvalue weighted by atomic mass is 14.3. The molecule has 180 valence electrons. The predicted octanol–water partition coefficient (Wildman–Crippen LogP) is 11.1. The van der Waals surface area contributed by atoms with E-state index in [2.05, 4.69) is 40.0 Å². The number of rotatable bonds is 19. The average molecular weight is 429 g/mol. The maximum absolute atomic E-state index is 4.04. The fourth-order valence-corrected chi connectivity index (χ4v) is 5.53. The first-order valence-electron chi connectivity index (χ1n) is 14.0. The zero-order chi connectivity index (χ0) is 22.7. The van der Waals surface area contributed by atoms with Gasteiger partial charge in [-0.3, -0.25) is 0 Å². The summed E-state index contributed by atoms with van der Waals surface area (Å²) >= 11 is 0. The van der Waals surface area contributed by atoms with Crippen molar-refractivity contribution in [3.8, 4) is 0 Å². The fraction of sp³-hybridized carbons (Fsp3) is 0.806. The largest absolute Gasteiger partial charge is 0.100 e. The summed E-state index contributed by atoms with van der Waals surface area (Å²) in [5.41, 5.74) is 4.56. The summed E-state index contributed by atoms with van der Waals surface area (Å²) in [6.07, 6.45) is 30.5. The Morgan fingerprint density at radius 1 is 0.710 bits per heavy atom. The lowest BCUT2D eigenvalue weighted by Crippen LogP contribution is -2.21. The summed E-state index contributed by atoms with van der Waals surface area (Å²) < 4.78 is 0. The van der Waals surface area contributed by atoms with Gasteiger partial charge in [0.05, 0.1) is 0 Å². The van der Waals surface area contributed by atoms with Crippen molar-refractivity contribution < 1.29 is 0 Å². The molecule has 0 aromatic heterocycles. The van der Waals surface area contributed by atoms with Gasteiger partial charge in [0, 0.05) is 0 Å². The molecule has 0 aromatic carbocycles. The topological polar surface area (TPSA) is 0 Å². The molecule has 0 heterocycles. The van der Waals surface area contributed by atoms with Gasteiger partial charge in [-0.05, 0) is 89.9 Å². The zero-order valence-corrected chi connectivity index (χ0v) is 21.8. The molecule has 0 nitrogen and oxygen atoms in total. The van der Waals surface area contributed by atoms with E-state index in [1.165, 1.54) is 140 Å². The standard InChI is InChI=1S/C31H56/c1-6-20-29-25-18-19-26-31(29)30(24-17-13-9-11-15-22-28(4)5)23-16-12-8-7-10-14-21-27(2)3/h23,29,31H,2,4,6-22,24-26H2,1,3,5H3/t29-,31-/m0/s1. The summed E-state index contributed by atoms with van der Waals surface area (Å²) in [4.78, 5) is 0. The van der Waals surface area contributed by atoms with Crippen molar-refractivity contribution in [3.05, 3.63) is 36.0 Å². The highest BCUT2D eigenvalue weighted by Gasteiger charge is 2.26. The zero-order valence-electron chi connectivity index (χ0n) is 21.8. The number of allylic oxidation sites excluding steroid dienone is 4. The summed E-state index contributed by atoms with van der Waals surface area (Å²) in [5, 5.41) is 0. The minimum atomic E-state index is 0.910. The molecule has 0 aromatic rings. The van der Waals surface area contributed by atoms with Gasteiger partial charge in [-0.2, -0.15) is 0 Å². The summed E-state index contributed by atoms with van der Waals surface area (Å²) in [6.45, 7) is 14.8. The minimum Gasteiger partial charge on any atom is -0.100 e. The van der Waals surface area contributed by atoms with Crippen LogP contribution in [0.5, 0.6) is 0 Å². The van der Waals surface area contributed by atoms with E-state index in [1.807, 2.05) is 5.57 Å². The second kappa shape index (κ2) is 18.8. The molecule has 0 N–H and O–H groups in total. The second-order valence-electron chi connectivity index (χ2n) is 10.7. The summed E-state index contributed by atoms with van der Waals surface area (Å²) in [5.74, 6) is 1.88. The van der Waals surface area contributed by atoms with E-state index >= 15 is 0 Å². The van der Waals surface area contributed by atoms with Crippen LogP contribution in [0.4, 0.5) is 0 Å². The smallest absolute Gasteiger partial charge is 0.0175 e. The molecule has 0 heteroatoms. The second-order valence-corrected chi connectivity index (χ2v) is 10.7. The van der Waals surface area contributed by atoms with Gasteiger partial charge in [-0.1, -0.05) is 93.9 Å². The van der Waals surface area contributed by atoms with Crippen molar-refractivity contribution in [1.29, 1.82) is 0 Å². The molecular formula is C31H56. The van der Waals surface area contributed by atoms with Crippen molar-refractivity contribution >= 4 is 0 Å². The molecule has 0 unspecified atom stereocenters. The van der Waals surface area contributed by atoms with E-state index in [-0.39, 0.29) is 0 Å². The molecule has 1 fully saturated rings. The SMILES string of the molecule is C=C(C)CCCCCCCC=C(CCCCCCCC(=C)C)[C@H]1CCCC[C@@H]1CCC. The maximum atomic E-state index is 4.04. The van der Waals surface area contributed by atoms with Crippen molar-refractivity contribution in [3.63, 3.8) is 0 Å². The minimum absolute atomic E-state index is 0.910. The van der Waals surface area contributed by atoms with Crippen LogP contribution in [0.1, 0.15) is 149 Å². The first-order chi connectivity index (χ1) is 15.0. The average Bonchev–Trinajstić information content (AvgIpc) is 2.73. The molecule has 0 spiro atoms. The van der Waals surface area contributed by atoms with Gasteiger partial charge in [0.25, 0.3) is 0 Å². The van der Waals surface area contributed by atoms with Gasteiger partial charge in [0.1, 0.15) is 0 Å². The molecular weight excluding hydrogens is 372 g/mol. The molecule has 0 amide bonds. The fourth-order valence-electron chi connectivity index (χ4n) is 5.53. The summed E-state index contributed by atoms with van der Waals surface area (Å²) in [6, 6.07) is 0. The molecule has 0 saturated heterocycles. The lowest BCUT2D eigenvalue weighted by Gasteiger charge is -2.34. The van der Waals surface area contributed by atoms with E-state index < -0.39 is 0 Å². The first-order valence-corrected chi connectivity index (χ1v) is 14.0. The Labute approximate surface area is 197 Å². The van der Waals surface area contributed by atoms with Gasteiger partial charge in [-0.25, -0.2) is 0 Å². The van der Waals surface area contributed by atoms with Gasteiger partial charge < -0.3 is 0 Å². The number of unbranched alkanes of at least 4 members (excludes halogenated alkanes) is 9. The van der Waals surface area contributed by atoms with E-state index in [1.54, 1.807) is 0 Å². The molecule has 1 aliphatic carbocycles. The van der Waals surface area contributed by atoms with Gasteiger partial charge in [0.15, 0.2) is 0 Å². The normalized spacial score (nSPS) is 19.5. The monoisotopic (exact) mass is 428 g/mol. The third-order valence-electron chi connectivity index (χ3n) is 7.33. The van der Waals surface area contributed by atoms with Gasteiger partial charge >= 0.3 is 0 Å². The van der Waals surface area contributed by atoms with E-state index in [0.29, 0.717) is 0 Å². The Morgan fingerprint density at radius 2 is 1.23 bits per heavy atom. The van der Waals surface area contributed by atoms with Crippen molar-refractivity contribution in [2.45, 2.75) is 149 Å². The Morgan fingerprint density at radius 3 is 1.81 bits per heavy atom. The lowest BCUT2D eigenvalue weighted by atomic mass is 9.72. The Kier molecular flexibility index (Phi) is 17.1. The van der Waals surface area contributed by atoms with Crippen LogP contribution in [0, 0.1) is 11.8 Å². The van der Waals surface area contributed by atoms with Crippen LogP contribution in [0.25, 0.3) is 0 Å². The lowest BCUT2D eigenvalue weighted by molar-refractivity contribution is 0.249. The van der Waals surface area contributed by atoms with Crippen molar-refractivity contribution in [2.24, 2.45) is 11.8 Å². The van der Waals surface area contributed by atoms with Crippen LogP contribution in [0.15, 0.2) is 36.0 Å². The van der Waals surface area contributed by atoms with E-state index in [0.717, 1.165) is 11.8 Å². The van der Waals surface area contributed by atoms with Crippen LogP contribution in [0.3, 0.4) is 0 Å². The third kappa shape index (κ3) is 14.8. The third-order valence-corrected chi connectivity index (χ3v) is 7.33. The predicted molar refractivity (Wildman–Crippen MR) is 143 cm³/mol. The highest BCUT2D eigenvalue weighted by Crippen LogP contribution is 2.39. The Balaban J connectivity index is 2.43. The molecule has 0 radical (unpaired) electrons.